The number of thiazole rings is 1. The van der Waals surface area contributed by atoms with Crippen LogP contribution in [-0.4, -0.2) is 20.0 Å². The second kappa shape index (κ2) is 6.24. The van der Waals surface area contributed by atoms with Gasteiger partial charge in [-0.3, -0.25) is 0 Å². The van der Waals surface area contributed by atoms with Gasteiger partial charge in [0.25, 0.3) is 0 Å². The first-order valence-corrected chi connectivity index (χ1v) is 9.17. The van der Waals surface area contributed by atoms with Crippen LogP contribution in [0.4, 0.5) is 5.13 Å². The number of benzene rings is 3. The molecule has 3 aromatic carbocycles. The van der Waals surface area contributed by atoms with Crippen molar-refractivity contribution in [3.05, 3.63) is 84.4 Å². The molecule has 0 aliphatic carbocycles. The van der Waals surface area contributed by atoms with Crippen LogP contribution in [0.3, 0.4) is 0 Å². The lowest BCUT2D eigenvalue weighted by Crippen LogP contribution is -2.20. The van der Waals surface area contributed by atoms with E-state index in [9.17, 15) is 0 Å². The summed E-state index contributed by atoms with van der Waals surface area (Å²) in [6, 6.07) is 26.4. The maximum atomic E-state index is 4.71. The third-order valence-corrected chi connectivity index (χ3v) is 5.26. The van der Waals surface area contributed by atoms with E-state index in [1.54, 1.807) is 11.3 Å². The molecular formula is C20H15N5S. The smallest absolute Gasteiger partial charge is 0.185 e. The summed E-state index contributed by atoms with van der Waals surface area (Å²) in [6.07, 6.45) is -0.191. The highest BCUT2D eigenvalue weighted by molar-refractivity contribution is 7.22. The number of hydrogen-bond acceptors (Lipinski definition) is 5. The first kappa shape index (κ1) is 15.0. The van der Waals surface area contributed by atoms with Gasteiger partial charge in [-0.2, -0.15) is 0 Å². The van der Waals surface area contributed by atoms with Gasteiger partial charge in [0.1, 0.15) is 5.52 Å². The third kappa shape index (κ3) is 2.60. The van der Waals surface area contributed by atoms with E-state index in [1.807, 2.05) is 65.3 Å². The van der Waals surface area contributed by atoms with Crippen molar-refractivity contribution in [1.82, 2.24) is 20.0 Å². The summed E-state index contributed by atoms with van der Waals surface area (Å²) in [5.41, 5.74) is 3.95. The van der Waals surface area contributed by atoms with Crippen molar-refractivity contribution < 1.29 is 0 Å². The van der Waals surface area contributed by atoms with Gasteiger partial charge in [-0.05, 0) is 29.8 Å². The van der Waals surface area contributed by atoms with Gasteiger partial charge in [0.05, 0.1) is 15.7 Å². The molecule has 0 amide bonds. The van der Waals surface area contributed by atoms with Crippen molar-refractivity contribution in [1.29, 1.82) is 0 Å². The summed E-state index contributed by atoms with van der Waals surface area (Å²) >= 11 is 1.64. The van der Waals surface area contributed by atoms with Gasteiger partial charge >= 0.3 is 0 Å². The first-order valence-electron chi connectivity index (χ1n) is 8.35. The van der Waals surface area contributed by atoms with Crippen molar-refractivity contribution in [2.75, 3.05) is 5.32 Å². The Hall–Kier alpha value is -3.25. The molecule has 5 rings (SSSR count). The molecule has 126 valence electrons. The van der Waals surface area contributed by atoms with Gasteiger partial charge in [0, 0.05) is 0 Å². The monoisotopic (exact) mass is 357 g/mol. The normalized spacial score (nSPS) is 12.5. The van der Waals surface area contributed by atoms with Gasteiger partial charge in [0.2, 0.25) is 0 Å². The predicted octanol–water partition coefficient (Wildman–Crippen LogP) is 4.70. The Balaban J connectivity index is 1.62. The topological polar surface area (TPSA) is 55.6 Å². The number of nitrogens with one attached hydrogen (secondary N) is 1. The van der Waals surface area contributed by atoms with Gasteiger partial charge in [-0.25, -0.2) is 9.67 Å². The van der Waals surface area contributed by atoms with Crippen molar-refractivity contribution in [3.63, 3.8) is 0 Å². The highest BCUT2D eigenvalue weighted by Crippen LogP contribution is 2.30. The lowest BCUT2D eigenvalue weighted by Gasteiger charge is -2.19. The molecule has 0 bridgehead atoms. The van der Waals surface area contributed by atoms with Crippen LogP contribution in [0.2, 0.25) is 0 Å². The lowest BCUT2D eigenvalue weighted by molar-refractivity contribution is 0.571. The van der Waals surface area contributed by atoms with E-state index in [-0.39, 0.29) is 6.17 Å². The minimum atomic E-state index is -0.191. The Morgan fingerprint density at radius 2 is 1.54 bits per heavy atom. The Morgan fingerprint density at radius 1 is 0.808 bits per heavy atom. The van der Waals surface area contributed by atoms with Crippen LogP contribution < -0.4 is 5.32 Å². The highest BCUT2D eigenvalue weighted by Gasteiger charge is 2.19. The molecule has 0 radical (unpaired) electrons. The Bertz CT molecular complexity index is 1150. The number of aromatic nitrogens is 4. The Labute approximate surface area is 153 Å². The summed E-state index contributed by atoms with van der Waals surface area (Å²) in [5.74, 6) is 0. The summed E-state index contributed by atoms with van der Waals surface area (Å²) in [7, 11) is 0. The van der Waals surface area contributed by atoms with Crippen LogP contribution in [0.25, 0.3) is 21.3 Å². The predicted molar refractivity (Wildman–Crippen MR) is 105 cm³/mol. The van der Waals surface area contributed by atoms with Crippen molar-refractivity contribution in [3.8, 4) is 0 Å². The lowest BCUT2D eigenvalue weighted by atomic mass is 10.1. The molecule has 1 atom stereocenters. The van der Waals surface area contributed by atoms with E-state index >= 15 is 0 Å². The van der Waals surface area contributed by atoms with Crippen LogP contribution in [0, 0.1) is 0 Å². The number of hydrogen-bond donors (Lipinski definition) is 1. The summed E-state index contributed by atoms with van der Waals surface area (Å²) in [4.78, 5) is 4.71. The molecule has 5 nitrogen and oxygen atoms in total. The summed E-state index contributed by atoms with van der Waals surface area (Å²) < 4.78 is 3.07. The molecule has 0 saturated carbocycles. The molecular weight excluding hydrogens is 342 g/mol. The van der Waals surface area contributed by atoms with Gasteiger partial charge < -0.3 is 5.32 Å². The first-order chi connectivity index (χ1) is 12.9. The molecule has 5 aromatic rings. The van der Waals surface area contributed by atoms with Crippen LogP contribution in [0.1, 0.15) is 11.7 Å². The van der Waals surface area contributed by atoms with Crippen molar-refractivity contribution in [2.24, 2.45) is 0 Å². The van der Waals surface area contributed by atoms with Crippen molar-refractivity contribution in [2.45, 2.75) is 6.17 Å². The second-order valence-electron chi connectivity index (χ2n) is 5.97. The maximum absolute atomic E-state index is 4.71. The average Bonchev–Trinajstić information content (AvgIpc) is 3.30. The molecule has 1 N–H and O–H groups in total. The summed E-state index contributed by atoms with van der Waals surface area (Å²) in [6.45, 7) is 0. The SMILES string of the molecule is c1ccc(C(Nc2nc3ccccc3s2)n2nnc3ccccc32)cc1. The maximum Gasteiger partial charge on any atom is 0.185 e. The van der Waals surface area contributed by atoms with E-state index in [0.29, 0.717) is 0 Å². The van der Waals surface area contributed by atoms with Crippen LogP contribution in [0.5, 0.6) is 0 Å². The largest absolute Gasteiger partial charge is 0.336 e. The molecule has 26 heavy (non-hydrogen) atoms. The second-order valence-corrected chi connectivity index (χ2v) is 7.00. The van der Waals surface area contributed by atoms with E-state index in [0.717, 1.165) is 31.9 Å². The fourth-order valence-corrected chi connectivity index (χ4v) is 3.94. The number of anilines is 1. The number of fused-ring (bicyclic) bond motifs is 2. The van der Waals surface area contributed by atoms with Crippen LogP contribution in [0.15, 0.2) is 78.9 Å². The average molecular weight is 357 g/mol. The Morgan fingerprint density at radius 3 is 2.38 bits per heavy atom. The van der Waals surface area contributed by atoms with Gasteiger partial charge in [-0.15, -0.1) is 5.10 Å². The fourth-order valence-electron chi connectivity index (χ4n) is 3.05. The quantitative estimate of drug-likeness (QED) is 0.506. The molecule has 2 heterocycles. The van der Waals surface area contributed by atoms with E-state index in [4.69, 9.17) is 4.98 Å². The zero-order valence-corrected chi connectivity index (χ0v) is 14.6. The molecule has 0 aliphatic rings. The van der Waals surface area contributed by atoms with Gasteiger partial charge in [0.15, 0.2) is 11.3 Å². The summed E-state index contributed by atoms with van der Waals surface area (Å²) in [5, 5.41) is 13.1. The van der Waals surface area contributed by atoms with Crippen LogP contribution in [-0.2, 0) is 0 Å². The van der Waals surface area contributed by atoms with E-state index in [1.165, 1.54) is 0 Å². The molecule has 0 spiro atoms. The minimum absolute atomic E-state index is 0.191. The minimum Gasteiger partial charge on any atom is -0.336 e. The van der Waals surface area contributed by atoms with Crippen LogP contribution >= 0.6 is 11.3 Å². The number of nitrogens with zero attached hydrogens (tertiary/aromatic N) is 4. The molecule has 0 aliphatic heterocycles. The third-order valence-electron chi connectivity index (χ3n) is 4.29. The standard InChI is InChI=1S/C20H15N5S/c1-2-8-14(9-3-1)19(25-17-12-6-4-10-15(17)23-24-25)22-20-21-16-11-5-7-13-18(16)26-20/h1-13,19H,(H,21,22). The highest BCUT2D eigenvalue weighted by atomic mass is 32.1. The number of para-hydroxylation sites is 2. The number of rotatable bonds is 4. The van der Waals surface area contributed by atoms with Gasteiger partial charge in [-0.1, -0.05) is 71.1 Å². The Kier molecular flexibility index (Phi) is 3.61. The zero-order chi connectivity index (χ0) is 17.3. The molecule has 6 heteroatoms. The molecule has 0 saturated heterocycles. The van der Waals surface area contributed by atoms with E-state index < -0.39 is 0 Å². The molecule has 1 unspecified atom stereocenters. The molecule has 0 fully saturated rings. The fraction of sp³-hybridized carbons (Fsp3) is 0.0500. The molecule has 2 aromatic heterocycles. The zero-order valence-electron chi connectivity index (χ0n) is 13.8. The van der Waals surface area contributed by atoms with E-state index in [2.05, 4.69) is 33.8 Å². The van der Waals surface area contributed by atoms with Crippen molar-refractivity contribution >= 4 is 37.7 Å².